The van der Waals surface area contributed by atoms with Crippen LogP contribution >= 0.6 is 0 Å². The highest BCUT2D eigenvalue weighted by molar-refractivity contribution is 5.82. The number of ether oxygens (including phenoxy) is 3. The van der Waals surface area contributed by atoms with Gasteiger partial charge in [-0.1, -0.05) is 76.2 Å². The molecular formula is C39H81N3O6. The van der Waals surface area contributed by atoms with Gasteiger partial charge >= 0.3 is 0 Å². The standard InChI is InChI=1S/C14H29NO2.C13H27NO2.C12H25NO2/c1-8-9-17-11(10-13(2,3)4)12(16)15-14(5,6)7;1-8-9-16-10(12(2,3)4)11(15)14-13(5,6)7;1-7-8-15-10(9(2)3)11(14)13-12(4,5)6/h11H,8-10H2,1-7H3,(H,15,16);10H,8-9H2,1-7H3,(H,14,15);9-10H,7-8H2,1-6H3,(H,13,14). The number of nitrogens with one attached hydrogen (secondary N) is 3. The zero-order chi connectivity index (χ0) is 38.7. The van der Waals surface area contributed by atoms with E-state index < -0.39 is 0 Å². The van der Waals surface area contributed by atoms with Crippen LogP contribution in [0.2, 0.25) is 0 Å². The molecule has 0 aromatic carbocycles. The lowest BCUT2D eigenvalue weighted by molar-refractivity contribution is -0.141. The van der Waals surface area contributed by atoms with Crippen LogP contribution in [0.4, 0.5) is 0 Å². The third-order valence-electron chi connectivity index (χ3n) is 5.99. The van der Waals surface area contributed by atoms with Crippen LogP contribution in [0.5, 0.6) is 0 Å². The van der Waals surface area contributed by atoms with Crippen molar-refractivity contribution in [3.8, 4) is 0 Å². The second-order valence-electron chi connectivity index (χ2n) is 18.5. The van der Waals surface area contributed by atoms with E-state index >= 15 is 0 Å². The third kappa shape index (κ3) is 30.4. The van der Waals surface area contributed by atoms with Crippen molar-refractivity contribution in [1.82, 2.24) is 16.0 Å². The Labute approximate surface area is 297 Å². The zero-order valence-electron chi connectivity index (χ0n) is 35.2. The van der Waals surface area contributed by atoms with E-state index in [1.807, 2.05) is 111 Å². The second-order valence-corrected chi connectivity index (χ2v) is 18.5. The van der Waals surface area contributed by atoms with Crippen molar-refractivity contribution in [2.24, 2.45) is 16.7 Å². The van der Waals surface area contributed by atoms with Crippen molar-refractivity contribution in [3.05, 3.63) is 0 Å². The lowest BCUT2D eigenvalue weighted by Crippen LogP contribution is -2.50. The minimum absolute atomic E-state index is 0.000810. The molecule has 0 rings (SSSR count). The third-order valence-corrected chi connectivity index (χ3v) is 5.99. The number of carbonyl (C=O) groups is 3. The van der Waals surface area contributed by atoms with Gasteiger partial charge in [0, 0.05) is 36.4 Å². The topological polar surface area (TPSA) is 115 Å². The first-order valence-corrected chi connectivity index (χ1v) is 18.2. The summed E-state index contributed by atoms with van der Waals surface area (Å²) in [5, 5.41) is 8.90. The molecular weight excluding hydrogens is 606 g/mol. The molecule has 0 aliphatic rings. The Morgan fingerprint density at radius 2 is 0.875 bits per heavy atom. The van der Waals surface area contributed by atoms with E-state index in [1.54, 1.807) is 0 Å². The molecule has 48 heavy (non-hydrogen) atoms. The van der Waals surface area contributed by atoms with Crippen molar-refractivity contribution >= 4 is 17.7 Å². The highest BCUT2D eigenvalue weighted by atomic mass is 16.5. The molecule has 0 bridgehead atoms. The van der Waals surface area contributed by atoms with Crippen molar-refractivity contribution in [3.63, 3.8) is 0 Å². The minimum atomic E-state index is -0.383. The van der Waals surface area contributed by atoms with E-state index in [0.717, 1.165) is 25.7 Å². The zero-order valence-corrected chi connectivity index (χ0v) is 35.2. The summed E-state index contributed by atoms with van der Waals surface area (Å²) < 4.78 is 16.9. The van der Waals surface area contributed by atoms with Gasteiger partial charge in [-0.2, -0.15) is 0 Å². The van der Waals surface area contributed by atoms with Gasteiger partial charge < -0.3 is 30.2 Å². The largest absolute Gasteiger partial charge is 0.368 e. The smallest absolute Gasteiger partial charge is 0.250 e. The summed E-state index contributed by atoms with van der Waals surface area (Å²) in [6.45, 7) is 42.3. The first-order chi connectivity index (χ1) is 21.4. The fourth-order valence-corrected chi connectivity index (χ4v) is 4.14. The number of amides is 3. The molecule has 288 valence electrons. The van der Waals surface area contributed by atoms with Gasteiger partial charge in [-0.3, -0.25) is 14.4 Å². The molecule has 0 saturated heterocycles. The van der Waals surface area contributed by atoms with E-state index in [-0.39, 0.29) is 69.4 Å². The second kappa shape index (κ2) is 22.9. The average Bonchev–Trinajstić information content (AvgIpc) is 2.83. The molecule has 3 unspecified atom stereocenters. The highest BCUT2D eigenvalue weighted by Gasteiger charge is 2.34. The van der Waals surface area contributed by atoms with Crippen LogP contribution in [0.25, 0.3) is 0 Å². The van der Waals surface area contributed by atoms with Crippen LogP contribution < -0.4 is 16.0 Å². The predicted octanol–water partition coefficient (Wildman–Crippen LogP) is 8.23. The van der Waals surface area contributed by atoms with E-state index in [1.165, 1.54) is 0 Å². The molecule has 3 amide bonds. The molecule has 0 aromatic rings. The summed E-state index contributed by atoms with van der Waals surface area (Å²) in [4.78, 5) is 36.1. The van der Waals surface area contributed by atoms with Crippen molar-refractivity contribution in [2.45, 2.75) is 199 Å². The molecule has 0 heterocycles. The summed E-state index contributed by atoms with van der Waals surface area (Å²) in [5.74, 6) is 0.180. The first kappa shape index (κ1) is 50.7. The number of hydrogen-bond acceptors (Lipinski definition) is 6. The summed E-state index contributed by atoms with van der Waals surface area (Å²) in [6.07, 6.45) is 2.49. The SMILES string of the molecule is CCCOC(C(=O)NC(C)(C)C)C(C)(C)C.CCCOC(C(=O)NC(C)(C)C)C(C)C.CCCOC(CC(C)(C)C)C(=O)NC(C)(C)C. The summed E-state index contributed by atoms with van der Waals surface area (Å²) in [6, 6.07) is 0. The average molecular weight is 688 g/mol. The molecule has 0 saturated carbocycles. The molecule has 3 atom stereocenters. The van der Waals surface area contributed by atoms with Gasteiger partial charge in [-0.15, -0.1) is 0 Å². The minimum Gasteiger partial charge on any atom is -0.368 e. The fraction of sp³-hybridized carbons (Fsp3) is 0.923. The summed E-state index contributed by atoms with van der Waals surface area (Å²) >= 11 is 0. The van der Waals surface area contributed by atoms with Crippen LogP contribution in [0.15, 0.2) is 0 Å². The highest BCUT2D eigenvalue weighted by Crippen LogP contribution is 2.24. The summed E-state index contributed by atoms with van der Waals surface area (Å²) in [5.41, 5.74) is -0.698. The van der Waals surface area contributed by atoms with Gasteiger partial charge in [0.15, 0.2) is 0 Å². The molecule has 0 aliphatic carbocycles. The Bertz CT molecular complexity index is 884. The Morgan fingerprint density at radius 1 is 0.521 bits per heavy atom. The Balaban J connectivity index is -0.000000634. The van der Waals surface area contributed by atoms with E-state index in [4.69, 9.17) is 14.2 Å². The number of carbonyl (C=O) groups excluding carboxylic acids is 3. The van der Waals surface area contributed by atoms with Crippen LogP contribution in [0.1, 0.15) is 164 Å². The molecule has 9 heteroatoms. The molecule has 9 nitrogen and oxygen atoms in total. The Morgan fingerprint density at radius 3 is 1.21 bits per heavy atom. The summed E-state index contributed by atoms with van der Waals surface area (Å²) in [7, 11) is 0. The molecule has 3 N–H and O–H groups in total. The van der Waals surface area contributed by atoms with Gasteiger partial charge in [-0.25, -0.2) is 0 Å². The van der Waals surface area contributed by atoms with Gasteiger partial charge in [0.05, 0.1) is 0 Å². The van der Waals surface area contributed by atoms with Crippen LogP contribution in [0, 0.1) is 16.7 Å². The van der Waals surface area contributed by atoms with Crippen LogP contribution in [-0.2, 0) is 28.6 Å². The normalized spacial score (nSPS) is 14.4. The Kier molecular flexibility index (Phi) is 24.2. The molecule has 0 aliphatic heterocycles. The van der Waals surface area contributed by atoms with Gasteiger partial charge in [0.1, 0.15) is 18.3 Å². The Hall–Kier alpha value is -1.71. The van der Waals surface area contributed by atoms with Crippen molar-refractivity contribution in [2.75, 3.05) is 19.8 Å². The van der Waals surface area contributed by atoms with Crippen molar-refractivity contribution in [1.29, 1.82) is 0 Å². The number of rotatable bonds is 14. The maximum atomic E-state index is 12.1. The quantitative estimate of drug-likeness (QED) is 0.170. The van der Waals surface area contributed by atoms with Crippen LogP contribution in [-0.4, -0.2) is 72.5 Å². The molecule has 0 spiro atoms. The lowest BCUT2D eigenvalue weighted by atomic mass is 9.88. The molecule has 0 fully saturated rings. The van der Waals surface area contributed by atoms with Crippen molar-refractivity contribution < 1.29 is 28.6 Å². The van der Waals surface area contributed by atoms with E-state index in [9.17, 15) is 14.4 Å². The molecule has 0 aromatic heterocycles. The maximum Gasteiger partial charge on any atom is 0.250 e. The van der Waals surface area contributed by atoms with Crippen LogP contribution in [0.3, 0.4) is 0 Å². The first-order valence-electron chi connectivity index (χ1n) is 18.2. The van der Waals surface area contributed by atoms with Gasteiger partial charge in [-0.05, 0) is 105 Å². The van der Waals surface area contributed by atoms with Gasteiger partial charge in [0.2, 0.25) is 17.7 Å². The molecule has 0 radical (unpaired) electrons. The number of hydrogen-bond donors (Lipinski definition) is 3. The predicted molar refractivity (Wildman–Crippen MR) is 202 cm³/mol. The maximum absolute atomic E-state index is 12.1. The van der Waals surface area contributed by atoms with E-state index in [0.29, 0.717) is 19.8 Å². The fourth-order valence-electron chi connectivity index (χ4n) is 4.14. The monoisotopic (exact) mass is 688 g/mol. The van der Waals surface area contributed by atoms with Gasteiger partial charge in [0.25, 0.3) is 0 Å². The lowest BCUT2D eigenvalue weighted by Gasteiger charge is -2.32. The van der Waals surface area contributed by atoms with E-state index in [2.05, 4.69) is 43.6 Å².